The standard InChI is InChI=1S/C22H22N2O4S.C20H24N2O4S/c1-27-12-10-24-20(18-9-5-13-29-18)19(16-7-2-3-8-17(16)22(24)26)21(25)23-14-15-6-4-11-28-15;1-25-11-9-21-19(23)17-14-6-3-4-7-15(14)20(24)22(10-12-26-2)18(17)16-8-5-13-27-16/h2-9,11,13,19-20H,10,12,14H2,1H3,(H,23,25);3-8,13,17-18H,9-12H2,1-2H3,(H,21,23). The Hall–Kier alpha value is -5.12. The SMILES string of the molecule is COCCN1C(=O)c2ccccc2C(C(=O)NCc2ccco2)C1c1cccs1.COCCNC(=O)C1c2ccccc2C(=O)N(CCOC)C1c1cccs1. The maximum atomic E-state index is 13.4. The average molecular weight is 799 g/mol. The lowest BCUT2D eigenvalue weighted by Gasteiger charge is -2.41. The molecule has 0 aliphatic carbocycles. The van der Waals surface area contributed by atoms with E-state index < -0.39 is 11.8 Å². The summed E-state index contributed by atoms with van der Waals surface area (Å²) >= 11 is 3.10. The molecular formula is C42H46N4O8S2. The molecule has 0 spiro atoms. The van der Waals surface area contributed by atoms with E-state index in [0.29, 0.717) is 62.9 Å². The van der Waals surface area contributed by atoms with Crippen LogP contribution in [0, 0.1) is 0 Å². The number of nitrogens with one attached hydrogen (secondary N) is 2. The molecule has 12 nitrogen and oxygen atoms in total. The molecule has 0 fully saturated rings. The molecule has 2 N–H and O–H groups in total. The van der Waals surface area contributed by atoms with Gasteiger partial charge in [0.2, 0.25) is 11.8 Å². The smallest absolute Gasteiger partial charge is 0.254 e. The third-order valence-electron chi connectivity index (χ3n) is 9.81. The molecule has 0 saturated carbocycles. The predicted molar refractivity (Wildman–Crippen MR) is 214 cm³/mol. The zero-order valence-electron chi connectivity index (χ0n) is 31.6. The van der Waals surface area contributed by atoms with Crippen LogP contribution >= 0.6 is 22.7 Å². The Morgan fingerprint density at radius 2 is 1.14 bits per heavy atom. The molecule has 5 heterocycles. The van der Waals surface area contributed by atoms with Crippen molar-refractivity contribution in [2.75, 3.05) is 60.8 Å². The minimum atomic E-state index is -0.519. The van der Waals surface area contributed by atoms with Crippen molar-refractivity contribution in [2.24, 2.45) is 0 Å². The Bertz CT molecular complexity index is 2040. The van der Waals surface area contributed by atoms with Gasteiger partial charge in [0.05, 0.1) is 56.5 Å². The molecule has 14 heteroatoms. The first-order valence-corrected chi connectivity index (χ1v) is 20.1. The fourth-order valence-electron chi connectivity index (χ4n) is 7.26. The van der Waals surface area contributed by atoms with Crippen LogP contribution < -0.4 is 10.6 Å². The molecule has 4 atom stereocenters. The maximum Gasteiger partial charge on any atom is 0.254 e. The van der Waals surface area contributed by atoms with E-state index in [4.69, 9.17) is 18.6 Å². The molecule has 2 aromatic carbocycles. The average Bonchev–Trinajstić information content (AvgIpc) is 4.05. The van der Waals surface area contributed by atoms with Gasteiger partial charge in [-0.2, -0.15) is 0 Å². The van der Waals surface area contributed by atoms with Crippen LogP contribution in [0.5, 0.6) is 0 Å². The lowest BCUT2D eigenvalue weighted by Crippen LogP contribution is -2.48. The molecule has 4 unspecified atom stereocenters. The summed E-state index contributed by atoms with van der Waals surface area (Å²) in [4.78, 5) is 58.4. The Kier molecular flexibility index (Phi) is 14.2. The summed E-state index contributed by atoms with van der Waals surface area (Å²) in [6.07, 6.45) is 1.58. The minimum absolute atomic E-state index is 0.0676. The number of amides is 4. The van der Waals surface area contributed by atoms with Crippen LogP contribution in [0.2, 0.25) is 0 Å². The van der Waals surface area contributed by atoms with E-state index in [2.05, 4.69) is 10.6 Å². The summed E-state index contributed by atoms with van der Waals surface area (Å²) in [6, 6.07) is 25.4. The zero-order valence-corrected chi connectivity index (χ0v) is 33.2. The second-order valence-electron chi connectivity index (χ2n) is 13.1. The molecule has 0 radical (unpaired) electrons. The molecule has 7 rings (SSSR count). The summed E-state index contributed by atoms with van der Waals surface area (Å²) in [7, 11) is 4.81. The van der Waals surface area contributed by atoms with Crippen LogP contribution in [-0.4, -0.2) is 94.2 Å². The topological polar surface area (TPSA) is 140 Å². The molecule has 5 aromatic rings. The summed E-state index contributed by atoms with van der Waals surface area (Å²) in [5.41, 5.74) is 2.66. The quantitative estimate of drug-likeness (QED) is 0.123. The van der Waals surface area contributed by atoms with E-state index in [9.17, 15) is 19.2 Å². The Morgan fingerprint density at radius 1 is 0.643 bits per heavy atom. The fraction of sp³-hybridized carbons (Fsp3) is 0.333. The lowest BCUT2D eigenvalue weighted by atomic mass is 9.81. The third kappa shape index (κ3) is 8.95. The number of fused-ring (bicyclic) bond motifs is 2. The number of thiophene rings is 2. The number of rotatable bonds is 15. The number of methoxy groups -OCH3 is 3. The van der Waals surface area contributed by atoms with Crippen LogP contribution in [0.3, 0.4) is 0 Å². The van der Waals surface area contributed by atoms with Gasteiger partial charge < -0.3 is 39.1 Å². The molecular weight excluding hydrogens is 753 g/mol. The van der Waals surface area contributed by atoms with E-state index >= 15 is 0 Å². The Morgan fingerprint density at radius 3 is 1.59 bits per heavy atom. The predicted octanol–water partition coefficient (Wildman–Crippen LogP) is 6.02. The van der Waals surface area contributed by atoms with E-state index in [1.54, 1.807) is 78.3 Å². The Labute approximate surface area is 334 Å². The fourth-order valence-corrected chi connectivity index (χ4v) is 9.00. The second kappa shape index (κ2) is 19.6. The van der Waals surface area contributed by atoms with Crippen molar-refractivity contribution in [1.29, 1.82) is 0 Å². The van der Waals surface area contributed by atoms with Crippen molar-refractivity contribution in [3.05, 3.63) is 140 Å². The van der Waals surface area contributed by atoms with E-state index in [-0.39, 0.29) is 35.7 Å². The summed E-state index contributed by atoms with van der Waals surface area (Å²) in [5, 5.41) is 9.86. The van der Waals surface area contributed by atoms with Gasteiger partial charge in [0, 0.05) is 61.8 Å². The molecule has 2 aliphatic heterocycles. The maximum absolute atomic E-state index is 13.4. The Balaban J connectivity index is 0.000000190. The van der Waals surface area contributed by atoms with E-state index in [0.717, 1.165) is 20.9 Å². The largest absolute Gasteiger partial charge is 0.467 e. The lowest BCUT2D eigenvalue weighted by molar-refractivity contribution is -0.125. The number of hydrogen-bond acceptors (Lipinski definition) is 10. The van der Waals surface area contributed by atoms with Gasteiger partial charge in [-0.3, -0.25) is 19.2 Å². The number of carbonyl (C=O) groups excluding carboxylic acids is 4. The monoisotopic (exact) mass is 798 g/mol. The van der Waals surface area contributed by atoms with E-state index in [1.165, 1.54) is 0 Å². The van der Waals surface area contributed by atoms with Crippen LogP contribution in [0.4, 0.5) is 0 Å². The molecule has 4 amide bonds. The molecule has 294 valence electrons. The molecule has 2 aliphatic rings. The van der Waals surface area contributed by atoms with E-state index in [1.807, 2.05) is 77.5 Å². The van der Waals surface area contributed by atoms with Crippen molar-refractivity contribution in [3.63, 3.8) is 0 Å². The van der Waals surface area contributed by atoms with Crippen LogP contribution in [0.25, 0.3) is 0 Å². The summed E-state index contributed by atoms with van der Waals surface area (Å²) < 4.78 is 20.8. The van der Waals surface area contributed by atoms with Crippen molar-refractivity contribution >= 4 is 46.3 Å². The van der Waals surface area contributed by atoms with Crippen molar-refractivity contribution in [3.8, 4) is 0 Å². The van der Waals surface area contributed by atoms with Gasteiger partial charge in [-0.15, -0.1) is 22.7 Å². The first-order valence-electron chi connectivity index (χ1n) is 18.3. The van der Waals surface area contributed by atoms with Gasteiger partial charge in [0.1, 0.15) is 5.76 Å². The summed E-state index contributed by atoms with van der Waals surface area (Å²) in [5.74, 6) is -0.703. The number of hydrogen-bond donors (Lipinski definition) is 2. The zero-order chi connectivity index (χ0) is 39.4. The normalized spacial score (nSPS) is 18.8. The van der Waals surface area contributed by atoms with Gasteiger partial charge in [0.25, 0.3) is 11.8 Å². The van der Waals surface area contributed by atoms with Gasteiger partial charge >= 0.3 is 0 Å². The van der Waals surface area contributed by atoms with Gasteiger partial charge in [-0.1, -0.05) is 48.5 Å². The highest BCUT2D eigenvalue weighted by atomic mass is 32.1. The van der Waals surface area contributed by atoms with Gasteiger partial charge in [-0.25, -0.2) is 0 Å². The number of benzene rings is 2. The molecule has 56 heavy (non-hydrogen) atoms. The second-order valence-corrected chi connectivity index (χ2v) is 15.1. The van der Waals surface area contributed by atoms with Gasteiger partial charge in [-0.05, 0) is 58.3 Å². The molecule has 0 bridgehead atoms. The van der Waals surface area contributed by atoms with Crippen LogP contribution in [0.15, 0.2) is 106 Å². The highest BCUT2D eigenvalue weighted by Crippen LogP contribution is 2.45. The number of carbonyl (C=O) groups is 4. The summed E-state index contributed by atoms with van der Waals surface area (Å²) in [6.45, 7) is 2.81. The first kappa shape index (κ1) is 40.5. The van der Waals surface area contributed by atoms with Crippen LogP contribution in [-0.2, 0) is 30.3 Å². The van der Waals surface area contributed by atoms with Crippen molar-refractivity contribution < 1.29 is 37.8 Å². The molecule has 3 aromatic heterocycles. The van der Waals surface area contributed by atoms with Crippen molar-refractivity contribution in [2.45, 2.75) is 30.5 Å². The number of furan rings is 1. The highest BCUT2D eigenvalue weighted by Gasteiger charge is 2.45. The highest BCUT2D eigenvalue weighted by molar-refractivity contribution is 7.10. The third-order valence-corrected chi connectivity index (χ3v) is 11.7. The number of nitrogens with zero attached hydrogens (tertiary/aromatic N) is 2. The molecule has 0 saturated heterocycles. The van der Waals surface area contributed by atoms with Crippen molar-refractivity contribution in [1.82, 2.24) is 20.4 Å². The first-order chi connectivity index (χ1) is 27.4. The van der Waals surface area contributed by atoms with Gasteiger partial charge in [0.15, 0.2) is 0 Å². The minimum Gasteiger partial charge on any atom is -0.467 e. The van der Waals surface area contributed by atoms with Crippen LogP contribution in [0.1, 0.15) is 71.3 Å². The number of ether oxygens (including phenoxy) is 3.